The molecule has 0 rings (SSSR count). The Bertz CT molecular complexity index is 1030. The predicted molar refractivity (Wildman–Crippen MR) is 215 cm³/mol. The van der Waals surface area contributed by atoms with Crippen molar-refractivity contribution in [3.8, 4) is 0 Å². The van der Waals surface area contributed by atoms with Gasteiger partial charge in [-0.05, 0) is 12.8 Å². The van der Waals surface area contributed by atoms with Gasteiger partial charge in [-0.2, -0.15) is 0 Å². The average molecular weight is 849 g/mol. The molecule has 5 atom stereocenters. The minimum Gasteiger partial charge on any atom is -0.463 e. The summed E-state index contributed by atoms with van der Waals surface area (Å²) in [6.45, 7) is 0.416. The Morgan fingerprint density at radius 2 is 0.607 bits per heavy atom. The van der Waals surface area contributed by atoms with Crippen LogP contribution in [0.25, 0.3) is 0 Å². The molecule has 15 nitrogen and oxygen atoms in total. The van der Waals surface area contributed by atoms with Gasteiger partial charge in [-0.15, -0.1) is 0 Å². The number of phosphoric acid groups is 2. The van der Waals surface area contributed by atoms with Crippen LogP contribution in [0.5, 0.6) is 0 Å². The molecule has 0 saturated carbocycles. The fourth-order valence-electron chi connectivity index (χ4n) is 5.68. The zero-order chi connectivity index (χ0) is 41.8. The van der Waals surface area contributed by atoms with Crippen molar-refractivity contribution in [1.29, 1.82) is 0 Å². The standard InChI is InChI=1S/C39H78O15P2/c1-3-5-7-9-11-13-15-16-18-20-22-24-26-28-39(44)50-30-36(41)32-52-56(47,48)54-34-37(42)33-53-55(45,46)51-31-35(40)29-49-38(43)27-25-23-21-19-17-14-12-10-8-6-4-2/h35-37,40-42H,3-34H2,1-2H3,(H,45,46)(H,47,48). The maximum Gasteiger partial charge on any atom is 0.472 e. The lowest BCUT2D eigenvalue weighted by molar-refractivity contribution is -0.148. The summed E-state index contributed by atoms with van der Waals surface area (Å²) in [6.07, 6.45) is 23.9. The maximum atomic E-state index is 12.1. The highest BCUT2D eigenvalue weighted by Gasteiger charge is 2.28. The minimum atomic E-state index is -4.77. The molecular weight excluding hydrogens is 770 g/mol. The number of phosphoric ester groups is 2. The van der Waals surface area contributed by atoms with Crippen molar-refractivity contribution in [3.63, 3.8) is 0 Å². The molecule has 0 aliphatic carbocycles. The van der Waals surface area contributed by atoms with E-state index in [1.807, 2.05) is 0 Å². The highest BCUT2D eigenvalue weighted by molar-refractivity contribution is 7.47. The smallest absolute Gasteiger partial charge is 0.463 e. The summed E-state index contributed by atoms with van der Waals surface area (Å²) in [5.41, 5.74) is 0. The Morgan fingerprint density at radius 3 is 0.857 bits per heavy atom. The Balaban J connectivity index is 3.92. The number of rotatable bonds is 42. The van der Waals surface area contributed by atoms with E-state index in [0.29, 0.717) is 12.8 Å². The van der Waals surface area contributed by atoms with Crippen molar-refractivity contribution < 1.29 is 71.4 Å². The second-order valence-corrected chi connectivity index (χ2v) is 17.6. The lowest BCUT2D eigenvalue weighted by Crippen LogP contribution is -2.25. The van der Waals surface area contributed by atoms with Crippen LogP contribution < -0.4 is 0 Å². The maximum absolute atomic E-state index is 12.1. The first-order chi connectivity index (χ1) is 26.8. The highest BCUT2D eigenvalue weighted by Crippen LogP contribution is 2.45. The molecule has 0 aliphatic heterocycles. The summed E-state index contributed by atoms with van der Waals surface area (Å²) in [6, 6.07) is 0. The number of hydrogen-bond acceptors (Lipinski definition) is 13. The Morgan fingerprint density at radius 1 is 0.393 bits per heavy atom. The molecule has 0 heterocycles. The van der Waals surface area contributed by atoms with Gasteiger partial charge in [0, 0.05) is 12.8 Å². The average Bonchev–Trinajstić information content (AvgIpc) is 3.17. The van der Waals surface area contributed by atoms with Crippen LogP contribution >= 0.6 is 15.6 Å². The first-order valence-electron chi connectivity index (χ1n) is 21.4. The largest absolute Gasteiger partial charge is 0.472 e. The molecule has 56 heavy (non-hydrogen) atoms. The van der Waals surface area contributed by atoms with E-state index in [0.717, 1.165) is 38.5 Å². The normalized spacial score (nSPS) is 15.5. The molecule has 0 bridgehead atoms. The molecule has 0 spiro atoms. The van der Waals surface area contributed by atoms with Crippen LogP contribution in [0.3, 0.4) is 0 Å². The van der Waals surface area contributed by atoms with Gasteiger partial charge >= 0.3 is 27.6 Å². The number of ether oxygens (including phenoxy) is 2. The summed E-state index contributed by atoms with van der Waals surface area (Å²) in [5.74, 6) is -0.989. The molecule has 0 amide bonds. The Kier molecular flexibility index (Phi) is 36.4. The topological polar surface area (TPSA) is 225 Å². The van der Waals surface area contributed by atoms with Gasteiger partial charge in [0.2, 0.25) is 0 Å². The highest BCUT2D eigenvalue weighted by atomic mass is 31.2. The number of hydrogen-bond donors (Lipinski definition) is 5. The fourth-order valence-corrected chi connectivity index (χ4v) is 7.27. The first-order valence-corrected chi connectivity index (χ1v) is 24.4. The molecule has 0 fully saturated rings. The molecule has 334 valence electrons. The SMILES string of the molecule is CCCCCCCCCCCCCCCC(=O)OCC(O)COP(=O)(O)OCC(O)COP(=O)(O)OCC(O)COC(=O)CCCCCCCCCCCCC. The van der Waals surface area contributed by atoms with Crippen LogP contribution in [0.15, 0.2) is 0 Å². The second-order valence-electron chi connectivity index (χ2n) is 14.7. The van der Waals surface area contributed by atoms with Crippen molar-refractivity contribution in [3.05, 3.63) is 0 Å². The quantitative estimate of drug-likeness (QED) is 0.0220. The van der Waals surface area contributed by atoms with Crippen molar-refractivity contribution in [2.24, 2.45) is 0 Å². The Labute approximate surface area is 337 Å². The van der Waals surface area contributed by atoms with Crippen LogP contribution in [0.2, 0.25) is 0 Å². The monoisotopic (exact) mass is 848 g/mol. The third-order valence-electron chi connectivity index (χ3n) is 9.06. The van der Waals surface area contributed by atoms with Crippen molar-refractivity contribution in [1.82, 2.24) is 0 Å². The zero-order valence-corrected chi connectivity index (χ0v) is 36.4. The number of unbranched alkanes of at least 4 members (excludes halogenated alkanes) is 22. The van der Waals surface area contributed by atoms with Crippen molar-refractivity contribution in [2.45, 2.75) is 199 Å². The van der Waals surface area contributed by atoms with Crippen LogP contribution in [-0.2, 0) is 46.3 Å². The number of esters is 2. The zero-order valence-electron chi connectivity index (χ0n) is 34.6. The van der Waals surface area contributed by atoms with E-state index in [2.05, 4.69) is 31.9 Å². The predicted octanol–water partition coefficient (Wildman–Crippen LogP) is 8.61. The third kappa shape index (κ3) is 38.6. The molecule has 17 heteroatoms. The molecule has 0 saturated heterocycles. The minimum absolute atomic E-state index is 0.202. The number of carbonyl (C=O) groups excluding carboxylic acids is 2. The third-order valence-corrected chi connectivity index (χ3v) is 11.0. The lowest BCUT2D eigenvalue weighted by atomic mass is 10.0. The molecule has 5 N–H and O–H groups in total. The van der Waals surface area contributed by atoms with Crippen LogP contribution in [-0.4, -0.2) is 95.0 Å². The van der Waals surface area contributed by atoms with E-state index in [1.165, 1.54) is 103 Å². The molecule has 0 aromatic carbocycles. The molecule has 0 aromatic rings. The molecule has 0 radical (unpaired) electrons. The molecular formula is C39H78O15P2. The van der Waals surface area contributed by atoms with E-state index < -0.39 is 85.5 Å². The first kappa shape index (κ1) is 55.0. The van der Waals surface area contributed by atoms with E-state index >= 15 is 0 Å². The van der Waals surface area contributed by atoms with Gasteiger partial charge < -0.3 is 34.6 Å². The van der Waals surface area contributed by atoms with Gasteiger partial charge in [0.1, 0.15) is 31.5 Å². The van der Waals surface area contributed by atoms with E-state index in [1.54, 1.807) is 0 Å². The van der Waals surface area contributed by atoms with E-state index in [9.17, 15) is 43.8 Å². The molecule has 0 aliphatic rings. The summed E-state index contributed by atoms with van der Waals surface area (Å²) in [5, 5.41) is 29.9. The van der Waals surface area contributed by atoms with Gasteiger partial charge in [0.05, 0.1) is 26.4 Å². The number of aliphatic hydroxyl groups is 3. The summed E-state index contributed by atoms with van der Waals surface area (Å²) >= 11 is 0. The second kappa shape index (κ2) is 37.1. The van der Waals surface area contributed by atoms with Crippen LogP contribution in [0.1, 0.15) is 181 Å². The fraction of sp³-hybridized carbons (Fsp3) is 0.949. The van der Waals surface area contributed by atoms with Crippen molar-refractivity contribution in [2.75, 3.05) is 39.6 Å². The van der Waals surface area contributed by atoms with E-state index in [-0.39, 0.29) is 12.8 Å². The lowest BCUT2D eigenvalue weighted by Gasteiger charge is -2.19. The molecule has 5 unspecified atom stereocenters. The van der Waals surface area contributed by atoms with Gasteiger partial charge in [-0.25, -0.2) is 9.13 Å². The van der Waals surface area contributed by atoms with Crippen molar-refractivity contribution >= 4 is 27.6 Å². The summed E-state index contributed by atoms with van der Waals surface area (Å²) in [7, 11) is -9.54. The van der Waals surface area contributed by atoms with Gasteiger partial charge in [0.25, 0.3) is 0 Å². The summed E-state index contributed by atoms with van der Waals surface area (Å²) < 4.78 is 52.8. The summed E-state index contributed by atoms with van der Waals surface area (Å²) in [4.78, 5) is 43.5. The number of carbonyl (C=O) groups is 2. The van der Waals surface area contributed by atoms with Gasteiger partial charge in [0.15, 0.2) is 0 Å². The molecule has 0 aromatic heterocycles. The van der Waals surface area contributed by atoms with E-state index in [4.69, 9.17) is 9.47 Å². The Hall–Kier alpha value is -0.960. The van der Waals surface area contributed by atoms with Crippen LogP contribution in [0.4, 0.5) is 0 Å². The number of aliphatic hydroxyl groups excluding tert-OH is 3. The van der Waals surface area contributed by atoms with Gasteiger partial charge in [-0.1, -0.05) is 155 Å². The van der Waals surface area contributed by atoms with Gasteiger partial charge in [-0.3, -0.25) is 27.7 Å². The van der Waals surface area contributed by atoms with Crippen LogP contribution in [0, 0.1) is 0 Å².